The van der Waals surface area contributed by atoms with Crippen LogP contribution >= 0.6 is 0 Å². The molecule has 8 nitrogen and oxygen atoms in total. The van der Waals surface area contributed by atoms with E-state index in [9.17, 15) is 0 Å². The number of piperidine rings is 1. The first kappa shape index (κ1) is 18.2. The van der Waals surface area contributed by atoms with Crippen LogP contribution in [0.3, 0.4) is 0 Å². The fraction of sp³-hybridized carbons (Fsp3) is 0.684. The largest absolute Gasteiger partial charge is 0.376 e. The van der Waals surface area contributed by atoms with E-state index in [1.807, 2.05) is 16.9 Å². The Bertz CT molecular complexity index is 721. The second-order valence-electron chi connectivity index (χ2n) is 7.83. The lowest BCUT2D eigenvalue weighted by Crippen LogP contribution is -2.43. The lowest BCUT2D eigenvalue weighted by molar-refractivity contribution is -0.0203. The minimum absolute atomic E-state index is 0.226. The van der Waals surface area contributed by atoms with Gasteiger partial charge in [-0.05, 0) is 37.7 Å². The maximum absolute atomic E-state index is 5.99. The summed E-state index contributed by atoms with van der Waals surface area (Å²) in [7, 11) is 0. The number of ether oxygens (including phenoxy) is 1. The summed E-state index contributed by atoms with van der Waals surface area (Å²) < 4.78 is 7.94. The molecule has 0 radical (unpaired) electrons. The predicted molar refractivity (Wildman–Crippen MR) is 104 cm³/mol. The van der Waals surface area contributed by atoms with Gasteiger partial charge in [-0.3, -0.25) is 0 Å². The minimum atomic E-state index is 0.226. The molecule has 2 fully saturated rings. The lowest BCUT2D eigenvalue weighted by atomic mass is 9.94. The van der Waals surface area contributed by atoms with Crippen LogP contribution in [0.15, 0.2) is 24.9 Å². The highest BCUT2D eigenvalue weighted by Crippen LogP contribution is 2.26. The van der Waals surface area contributed by atoms with E-state index in [-0.39, 0.29) is 6.10 Å². The van der Waals surface area contributed by atoms with Gasteiger partial charge in [0.15, 0.2) is 0 Å². The second kappa shape index (κ2) is 8.21. The van der Waals surface area contributed by atoms with Crippen LogP contribution in [0.5, 0.6) is 0 Å². The summed E-state index contributed by atoms with van der Waals surface area (Å²) in [6, 6.07) is 2.57. The van der Waals surface area contributed by atoms with Crippen molar-refractivity contribution in [3.8, 4) is 0 Å². The highest BCUT2D eigenvalue weighted by atomic mass is 16.5. The highest BCUT2D eigenvalue weighted by molar-refractivity contribution is 5.42. The average Bonchev–Trinajstić information content (AvgIpc) is 3.23. The van der Waals surface area contributed by atoms with Crippen molar-refractivity contribution in [2.24, 2.45) is 5.92 Å². The van der Waals surface area contributed by atoms with Crippen molar-refractivity contribution in [1.29, 1.82) is 0 Å². The Hall–Kier alpha value is -2.22. The van der Waals surface area contributed by atoms with Gasteiger partial charge in [-0.1, -0.05) is 13.8 Å². The maximum atomic E-state index is 5.99. The molecule has 146 valence electrons. The Kier molecular flexibility index (Phi) is 5.52. The topological polar surface area (TPSA) is 81.0 Å². The van der Waals surface area contributed by atoms with Gasteiger partial charge in [0.1, 0.15) is 18.5 Å². The van der Waals surface area contributed by atoms with Crippen LogP contribution in [0.4, 0.5) is 11.8 Å². The first-order chi connectivity index (χ1) is 13.2. The molecule has 2 aliphatic rings. The number of aromatic nitrogens is 5. The number of nitrogens with one attached hydrogen (secondary N) is 1. The molecule has 8 heteroatoms. The monoisotopic (exact) mass is 371 g/mol. The fourth-order valence-electron chi connectivity index (χ4n) is 4.14. The zero-order chi connectivity index (χ0) is 18.6. The molecule has 2 saturated heterocycles. The first-order valence-corrected chi connectivity index (χ1v) is 10.0. The van der Waals surface area contributed by atoms with Crippen molar-refractivity contribution >= 4 is 11.8 Å². The zero-order valence-electron chi connectivity index (χ0n) is 16.2. The van der Waals surface area contributed by atoms with Crippen LogP contribution < -0.4 is 10.2 Å². The molecular formula is C19H29N7O. The van der Waals surface area contributed by atoms with Gasteiger partial charge in [-0.25, -0.2) is 14.6 Å². The zero-order valence-corrected chi connectivity index (χ0v) is 16.2. The van der Waals surface area contributed by atoms with Gasteiger partial charge < -0.3 is 15.0 Å². The average molecular weight is 371 g/mol. The SMILES string of the molecule is CC(C)[C@@H]1OCCC[C@@H]1Nc1ccnc(N2CCC[C@H](n3cncn3)C2)n1. The Labute approximate surface area is 160 Å². The summed E-state index contributed by atoms with van der Waals surface area (Å²) in [6.07, 6.45) is 9.86. The van der Waals surface area contributed by atoms with Crippen LogP contribution in [-0.2, 0) is 4.74 Å². The van der Waals surface area contributed by atoms with Crippen molar-refractivity contribution in [3.63, 3.8) is 0 Å². The second-order valence-corrected chi connectivity index (χ2v) is 7.83. The fourth-order valence-corrected chi connectivity index (χ4v) is 4.14. The van der Waals surface area contributed by atoms with E-state index < -0.39 is 0 Å². The number of hydrogen-bond acceptors (Lipinski definition) is 7. The smallest absolute Gasteiger partial charge is 0.227 e. The molecule has 27 heavy (non-hydrogen) atoms. The summed E-state index contributed by atoms with van der Waals surface area (Å²) in [5, 5.41) is 7.90. The van der Waals surface area contributed by atoms with Crippen LogP contribution in [0.25, 0.3) is 0 Å². The molecule has 2 aliphatic heterocycles. The molecule has 4 rings (SSSR count). The standard InChI is InChI=1S/C19H29N7O/c1-14(2)18-16(6-4-10-27-18)23-17-7-8-21-19(24-17)25-9-3-5-15(11-25)26-13-20-12-22-26/h7-8,12-16,18H,3-6,9-11H2,1-2H3,(H,21,23,24)/t15-,16-,18-/m0/s1. The molecule has 0 saturated carbocycles. The van der Waals surface area contributed by atoms with Gasteiger partial charge in [0, 0.05) is 25.9 Å². The van der Waals surface area contributed by atoms with Crippen molar-refractivity contribution in [2.45, 2.75) is 57.7 Å². The third kappa shape index (κ3) is 4.21. The van der Waals surface area contributed by atoms with E-state index in [0.29, 0.717) is 18.0 Å². The first-order valence-electron chi connectivity index (χ1n) is 10.0. The van der Waals surface area contributed by atoms with Crippen LogP contribution in [0.1, 0.15) is 45.6 Å². The van der Waals surface area contributed by atoms with E-state index in [1.54, 1.807) is 12.7 Å². The number of nitrogens with zero attached hydrogens (tertiary/aromatic N) is 6. The predicted octanol–water partition coefficient (Wildman–Crippen LogP) is 2.53. The quantitative estimate of drug-likeness (QED) is 0.865. The van der Waals surface area contributed by atoms with E-state index in [1.165, 1.54) is 0 Å². The molecule has 2 aromatic rings. The highest BCUT2D eigenvalue weighted by Gasteiger charge is 2.29. The molecule has 0 aromatic carbocycles. The number of rotatable bonds is 5. The Balaban J connectivity index is 1.45. The van der Waals surface area contributed by atoms with Gasteiger partial charge >= 0.3 is 0 Å². The van der Waals surface area contributed by atoms with Crippen molar-refractivity contribution in [1.82, 2.24) is 24.7 Å². The van der Waals surface area contributed by atoms with Crippen LogP contribution in [0, 0.1) is 5.92 Å². The van der Waals surface area contributed by atoms with E-state index in [4.69, 9.17) is 9.72 Å². The maximum Gasteiger partial charge on any atom is 0.227 e. The van der Waals surface area contributed by atoms with E-state index in [0.717, 1.165) is 57.1 Å². The molecule has 3 atom stereocenters. The Morgan fingerprint density at radius 2 is 2.19 bits per heavy atom. The van der Waals surface area contributed by atoms with E-state index >= 15 is 0 Å². The Morgan fingerprint density at radius 1 is 1.26 bits per heavy atom. The van der Waals surface area contributed by atoms with E-state index in [2.05, 4.69) is 39.1 Å². The van der Waals surface area contributed by atoms with Gasteiger partial charge in [0.05, 0.1) is 18.2 Å². The summed E-state index contributed by atoms with van der Waals surface area (Å²) in [6.45, 7) is 7.11. The number of anilines is 2. The molecule has 0 aliphatic carbocycles. The van der Waals surface area contributed by atoms with Crippen molar-refractivity contribution in [3.05, 3.63) is 24.9 Å². The third-order valence-corrected chi connectivity index (χ3v) is 5.49. The molecule has 4 heterocycles. The van der Waals surface area contributed by atoms with Crippen molar-refractivity contribution in [2.75, 3.05) is 29.9 Å². The molecule has 0 unspecified atom stereocenters. The number of hydrogen-bond donors (Lipinski definition) is 1. The summed E-state index contributed by atoms with van der Waals surface area (Å²) in [5.74, 6) is 2.14. The normalized spacial score (nSPS) is 26.3. The minimum Gasteiger partial charge on any atom is -0.376 e. The molecular weight excluding hydrogens is 342 g/mol. The molecule has 1 N–H and O–H groups in total. The molecule has 0 bridgehead atoms. The summed E-state index contributed by atoms with van der Waals surface area (Å²) in [5.41, 5.74) is 0. The molecule has 2 aromatic heterocycles. The van der Waals surface area contributed by atoms with Gasteiger partial charge in [-0.2, -0.15) is 10.1 Å². The lowest BCUT2D eigenvalue weighted by Gasteiger charge is -2.35. The van der Waals surface area contributed by atoms with Crippen LogP contribution in [-0.4, -0.2) is 56.6 Å². The van der Waals surface area contributed by atoms with Gasteiger partial charge in [0.25, 0.3) is 0 Å². The summed E-state index contributed by atoms with van der Waals surface area (Å²) in [4.78, 5) is 15.7. The third-order valence-electron chi connectivity index (χ3n) is 5.49. The van der Waals surface area contributed by atoms with Crippen molar-refractivity contribution < 1.29 is 4.74 Å². The summed E-state index contributed by atoms with van der Waals surface area (Å²) >= 11 is 0. The molecule has 0 amide bonds. The molecule has 0 spiro atoms. The van der Waals surface area contributed by atoms with Gasteiger partial charge in [-0.15, -0.1) is 0 Å². The van der Waals surface area contributed by atoms with Crippen LogP contribution in [0.2, 0.25) is 0 Å². The van der Waals surface area contributed by atoms with Gasteiger partial charge in [0.2, 0.25) is 5.95 Å². The Morgan fingerprint density at radius 3 is 3.00 bits per heavy atom.